The van der Waals surface area contributed by atoms with Crippen molar-refractivity contribution in [3.8, 4) is 28.5 Å². The van der Waals surface area contributed by atoms with Crippen LogP contribution in [0.4, 0.5) is 13.9 Å². The normalized spacial score (nSPS) is 10.7. The molecule has 0 aliphatic carbocycles. The van der Waals surface area contributed by atoms with Gasteiger partial charge in [-0.15, -0.1) is 11.3 Å². The highest BCUT2D eigenvalue weighted by molar-refractivity contribution is 7.14. The van der Waals surface area contributed by atoms with Crippen LogP contribution in [0.3, 0.4) is 0 Å². The van der Waals surface area contributed by atoms with Crippen LogP contribution in [-0.2, 0) is 0 Å². The molecule has 0 spiro atoms. The molecule has 0 bridgehead atoms. The SMILES string of the molecule is CCOc1cc(C(=O)Nc2nc(-c3ccccc3OC(F)F)cs2)ccc1OC. The van der Waals surface area contributed by atoms with Crippen LogP contribution in [0, 0.1) is 0 Å². The Morgan fingerprint density at radius 3 is 2.69 bits per heavy atom. The van der Waals surface area contributed by atoms with Gasteiger partial charge in [-0.05, 0) is 37.3 Å². The van der Waals surface area contributed by atoms with E-state index in [1.165, 1.54) is 24.5 Å². The molecule has 6 nitrogen and oxygen atoms in total. The van der Waals surface area contributed by atoms with Gasteiger partial charge in [0.15, 0.2) is 16.6 Å². The summed E-state index contributed by atoms with van der Waals surface area (Å²) in [5.41, 5.74) is 1.20. The molecule has 1 amide bonds. The van der Waals surface area contributed by atoms with Crippen LogP contribution < -0.4 is 19.5 Å². The summed E-state index contributed by atoms with van der Waals surface area (Å²) in [4.78, 5) is 16.9. The third-order valence-corrected chi connectivity index (χ3v) is 4.59. The van der Waals surface area contributed by atoms with E-state index in [1.54, 1.807) is 41.8 Å². The van der Waals surface area contributed by atoms with Gasteiger partial charge in [-0.2, -0.15) is 8.78 Å². The van der Waals surface area contributed by atoms with E-state index < -0.39 is 6.61 Å². The zero-order chi connectivity index (χ0) is 20.8. The Hall–Kier alpha value is -3.20. The minimum Gasteiger partial charge on any atom is -0.493 e. The van der Waals surface area contributed by atoms with Crippen LogP contribution >= 0.6 is 11.3 Å². The number of anilines is 1. The third kappa shape index (κ3) is 5.00. The third-order valence-electron chi connectivity index (χ3n) is 3.83. The average molecular weight is 420 g/mol. The Labute approximate surface area is 170 Å². The molecule has 0 radical (unpaired) electrons. The molecular formula is C20H18F2N2O4S. The molecule has 1 heterocycles. The van der Waals surface area contributed by atoms with Gasteiger partial charge in [-0.1, -0.05) is 12.1 Å². The predicted molar refractivity (Wildman–Crippen MR) is 106 cm³/mol. The van der Waals surface area contributed by atoms with E-state index in [4.69, 9.17) is 9.47 Å². The fraction of sp³-hybridized carbons (Fsp3) is 0.200. The topological polar surface area (TPSA) is 69.7 Å². The molecule has 1 N–H and O–H groups in total. The smallest absolute Gasteiger partial charge is 0.387 e. The maximum atomic E-state index is 12.6. The number of carbonyl (C=O) groups is 1. The first-order chi connectivity index (χ1) is 14.0. The van der Waals surface area contributed by atoms with Gasteiger partial charge in [0.05, 0.1) is 19.4 Å². The van der Waals surface area contributed by atoms with Gasteiger partial charge in [-0.3, -0.25) is 10.1 Å². The Bertz CT molecular complexity index is 994. The van der Waals surface area contributed by atoms with Gasteiger partial charge < -0.3 is 14.2 Å². The van der Waals surface area contributed by atoms with Crippen molar-refractivity contribution in [1.82, 2.24) is 4.98 Å². The molecule has 0 aliphatic rings. The summed E-state index contributed by atoms with van der Waals surface area (Å²) in [6.45, 7) is -0.681. The molecule has 0 atom stereocenters. The van der Waals surface area contributed by atoms with E-state index >= 15 is 0 Å². The molecule has 152 valence electrons. The molecule has 0 saturated heterocycles. The summed E-state index contributed by atoms with van der Waals surface area (Å²) in [5.74, 6) is 0.616. The molecule has 0 fully saturated rings. The Morgan fingerprint density at radius 2 is 1.97 bits per heavy atom. The second-order valence-electron chi connectivity index (χ2n) is 5.67. The fourth-order valence-electron chi connectivity index (χ4n) is 2.59. The lowest BCUT2D eigenvalue weighted by Gasteiger charge is -2.10. The van der Waals surface area contributed by atoms with Crippen LogP contribution in [0.1, 0.15) is 17.3 Å². The molecular weight excluding hydrogens is 402 g/mol. The van der Waals surface area contributed by atoms with Gasteiger partial charge >= 0.3 is 6.61 Å². The number of amides is 1. The van der Waals surface area contributed by atoms with Gasteiger partial charge in [0.2, 0.25) is 0 Å². The fourth-order valence-corrected chi connectivity index (χ4v) is 3.29. The monoisotopic (exact) mass is 420 g/mol. The van der Waals surface area contributed by atoms with Crippen molar-refractivity contribution < 1.29 is 27.8 Å². The van der Waals surface area contributed by atoms with Crippen LogP contribution in [0.2, 0.25) is 0 Å². The Balaban J connectivity index is 1.79. The lowest BCUT2D eigenvalue weighted by atomic mass is 10.1. The number of aromatic nitrogens is 1. The zero-order valence-electron chi connectivity index (χ0n) is 15.6. The van der Waals surface area contributed by atoms with Crippen molar-refractivity contribution in [2.24, 2.45) is 0 Å². The average Bonchev–Trinajstić information content (AvgIpc) is 3.16. The van der Waals surface area contributed by atoms with E-state index in [0.29, 0.717) is 40.1 Å². The largest absolute Gasteiger partial charge is 0.493 e. The number of carbonyl (C=O) groups excluding carboxylic acids is 1. The molecule has 2 aromatic carbocycles. The molecule has 3 aromatic rings. The number of benzene rings is 2. The molecule has 0 unspecified atom stereocenters. The number of hydrogen-bond donors (Lipinski definition) is 1. The summed E-state index contributed by atoms with van der Waals surface area (Å²) < 4.78 is 40.4. The maximum Gasteiger partial charge on any atom is 0.387 e. The highest BCUT2D eigenvalue weighted by atomic mass is 32.1. The summed E-state index contributed by atoms with van der Waals surface area (Å²) in [6.07, 6.45) is 0. The predicted octanol–water partition coefficient (Wildman–Crippen LogP) is 5.07. The molecule has 0 saturated carbocycles. The second kappa shape index (κ2) is 9.33. The summed E-state index contributed by atoms with van der Waals surface area (Å²) in [7, 11) is 1.52. The van der Waals surface area contributed by atoms with E-state index in [0.717, 1.165) is 0 Å². The molecule has 0 aliphatic heterocycles. The first-order valence-corrected chi connectivity index (χ1v) is 9.51. The number of alkyl halides is 2. The quantitative estimate of drug-likeness (QED) is 0.551. The minimum atomic E-state index is -2.94. The lowest BCUT2D eigenvalue weighted by molar-refractivity contribution is -0.0494. The zero-order valence-corrected chi connectivity index (χ0v) is 16.5. The number of thiazole rings is 1. The highest BCUT2D eigenvalue weighted by Crippen LogP contribution is 2.33. The maximum absolute atomic E-state index is 12.6. The van der Waals surface area contributed by atoms with Crippen molar-refractivity contribution in [2.45, 2.75) is 13.5 Å². The summed E-state index contributed by atoms with van der Waals surface area (Å²) in [5, 5.41) is 4.68. The molecule has 29 heavy (non-hydrogen) atoms. The van der Waals surface area contributed by atoms with Crippen molar-refractivity contribution >= 4 is 22.4 Å². The number of nitrogens with one attached hydrogen (secondary N) is 1. The molecule has 9 heteroatoms. The van der Waals surface area contributed by atoms with E-state index in [1.807, 2.05) is 6.92 Å². The number of halogens is 2. The van der Waals surface area contributed by atoms with Gasteiger partial charge in [0.1, 0.15) is 5.75 Å². The second-order valence-corrected chi connectivity index (χ2v) is 6.52. The van der Waals surface area contributed by atoms with Gasteiger partial charge in [-0.25, -0.2) is 4.98 Å². The Morgan fingerprint density at radius 1 is 1.17 bits per heavy atom. The number of hydrogen-bond acceptors (Lipinski definition) is 6. The van der Waals surface area contributed by atoms with Crippen LogP contribution in [0.5, 0.6) is 17.2 Å². The van der Waals surface area contributed by atoms with Crippen molar-refractivity contribution in [2.75, 3.05) is 19.0 Å². The first kappa shape index (κ1) is 20.5. The summed E-state index contributed by atoms with van der Waals surface area (Å²) >= 11 is 1.18. The lowest BCUT2D eigenvalue weighted by Crippen LogP contribution is -2.12. The standard InChI is InChI=1S/C20H18F2N2O4S/c1-3-27-17-10-12(8-9-16(17)26-2)18(25)24-20-23-14(11-29-20)13-6-4-5-7-15(13)28-19(21)22/h4-11,19H,3H2,1-2H3,(H,23,24,25). The minimum absolute atomic E-state index is 0.0159. The van der Waals surface area contributed by atoms with Crippen molar-refractivity contribution in [3.05, 3.63) is 53.4 Å². The van der Waals surface area contributed by atoms with Crippen molar-refractivity contribution in [1.29, 1.82) is 0 Å². The number of para-hydroxylation sites is 1. The molecule has 3 rings (SSSR count). The van der Waals surface area contributed by atoms with Crippen LogP contribution in [0.25, 0.3) is 11.3 Å². The van der Waals surface area contributed by atoms with Crippen LogP contribution in [-0.4, -0.2) is 31.2 Å². The highest BCUT2D eigenvalue weighted by Gasteiger charge is 2.16. The number of ether oxygens (including phenoxy) is 3. The molecule has 1 aromatic heterocycles. The van der Waals surface area contributed by atoms with Gasteiger partial charge in [0, 0.05) is 16.5 Å². The van der Waals surface area contributed by atoms with Crippen molar-refractivity contribution in [3.63, 3.8) is 0 Å². The van der Waals surface area contributed by atoms with E-state index in [-0.39, 0.29) is 11.7 Å². The van der Waals surface area contributed by atoms with Gasteiger partial charge in [0.25, 0.3) is 5.91 Å². The van der Waals surface area contributed by atoms with E-state index in [9.17, 15) is 13.6 Å². The number of methoxy groups -OCH3 is 1. The first-order valence-electron chi connectivity index (χ1n) is 8.63. The Kier molecular flexibility index (Phi) is 6.61. The number of rotatable bonds is 8. The summed E-state index contributed by atoms with van der Waals surface area (Å²) in [6, 6.07) is 11.2. The number of nitrogens with zero attached hydrogens (tertiary/aromatic N) is 1. The van der Waals surface area contributed by atoms with Crippen LogP contribution in [0.15, 0.2) is 47.8 Å². The van der Waals surface area contributed by atoms with E-state index in [2.05, 4.69) is 15.0 Å².